The summed E-state index contributed by atoms with van der Waals surface area (Å²) in [6, 6.07) is 26.0. The van der Waals surface area contributed by atoms with Gasteiger partial charge in [0.2, 0.25) is 0 Å². The standard InChI is InChI=1S/C46H53BrN2O4.C46H52N2O4.8C4H9.B2.3Sn/c1-5-9-13-17-28(18-14-10-6-2)48-43(50)33-24-21-30-31-22-25-35-40-36(46(53)49(45(35)52)29(19-15-11-7-3)20-16-12-8-4)27-37(47)41(42(31)40)32-23-26-34(44(48)51)39(33)38(30)32;1-5-9-13-17-29(18-14-10-6-2)47-43(49)35-25-21-31-33-23-27-37-42-38(46(52)48(45(37)51)30(19-15-11-7-3)20-16-12-8-4)28-24-34(40(33)42)32-22-26-36(44(47)50)41(35)39(31)32;8*1-3-4-2;1-2;;;/h21-29H,5-20H2,1-4H3;21,23,25-30H,5-20H2,1-4H3;8*1,3-4H2,2H3;;;;. The minimum absolute atomic E-state index is 0.115. The third-order valence-electron chi connectivity index (χ3n) is 32.5. The first-order valence-electron chi connectivity index (χ1n) is 57.9. The van der Waals surface area contributed by atoms with E-state index in [1.807, 2.05) is 54.6 Å². The van der Waals surface area contributed by atoms with Crippen molar-refractivity contribution in [1.29, 1.82) is 0 Å². The van der Waals surface area contributed by atoms with Crippen LogP contribution in [-0.4, -0.2) is 164 Å². The number of carbonyl (C=O) groups is 8. The third-order valence-corrected chi connectivity index (χ3v) is 66.3. The summed E-state index contributed by atoms with van der Waals surface area (Å²) in [5.74, 6) is -1.36. The summed E-state index contributed by atoms with van der Waals surface area (Å²) in [6.07, 6.45) is 54.1. The molecule has 5 aliphatic heterocycles. The Bertz CT molecular complexity index is 5580. The molecule has 766 valence electrons. The van der Waals surface area contributed by atoms with Crippen LogP contribution in [0.3, 0.4) is 0 Å². The van der Waals surface area contributed by atoms with Crippen molar-refractivity contribution in [1.82, 2.24) is 19.6 Å². The van der Waals surface area contributed by atoms with Crippen molar-refractivity contribution in [2.75, 3.05) is 0 Å². The fourth-order valence-corrected chi connectivity index (χ4v) is 60.8. The zero-order chi connectivity index (χ0) is 102. The van der Waals surface area contributed by atoms with Crippen LogP contribution in [-0.2, 0) is 0 Å². The molecule has 12 nitrogen and oxygen atoms in total. The van der Waals surface area contributed by atoms with E-state index in [0.29, 0.717) is 55.3 Å². The largest absolute Gasteiger partial charge is 0 e. The molecule has 6 radical (unpaired) electrons. The number of benzene rings is 10. The maximum atomic E-state index is 15.3. The molecule has 0 N–H and O–H groups in total. The van der Waals surface area contributed by atoms with Gasteiger partial charge in [0.1, 0.15) is 0 Å². The van der Waals surface area contributed by atoms with Crippen LogP contribution in [0.4, 0.5) is 0 Å². The monoisotopic (exact) mass is 2310 g/mol. The number of hydrogen-bond acceptors (Lipinski definition) is 8. The average molecular weight is 2310 g/mol. The molecule has 0 spiro atoms. The number of carbonyl (C=O) groups excluding carboxylic acids is 8. The number of unbranched alkanes of at least 4 members (excludes halogenated alkanes) is 24. The molecule has 0 aromatic heterocycles. The first-order chi connectivity index (χ1) is 69.2. The summed E-state index contributed by atoms with van der Waals surface area (Å²) in [4.78, 5) is 125. The van der Waals surface area contributed by atoms with Crippen molar-refractivity contribution in [2.24, 2.45) is 0 Å². The minimum atomic E-state index is -3.74. The number of halogens is 1. The van der Waals surface area contributed by atoms with Gasteiger partial charge in [-0.15, -0.1) is 0 Å². The normalized spacial score (nSPS) is 14.2. The van der Waals surface area contributed by atoms with E-state index < -0.39 is 57.9 Å². The Morgan fingerprint density at radius 3 is 0.655 bits per heavy atom. The summed E-state index contributed by atoms with van der Waals surface area (Å²) in [5.41, 5.74) is 4.97. The molecule has 10 aromatic carbocycles. The van der Waals surface area contributed by atoms with Crippen LogP contribution in [0, 0.1) is 0 Å². The molecule has 0 unspecified atom stereocenters. The zero-order valence-corrected chi connectivity index (χ0v) is 101. The molecular formula is C124H177B2BrN4O8Sn3. The van der Waals surface area contributed by atoms with Crippen molar-refractivity contribution >= 4 is 230 Å². The van der Waals surface area contributed by atoms with Gasteiger partial charge in [0.05, 0.1) is 0 Å². The first-order valence-corrected chi connectivity index (χ1v) is 77.7. The van der Waals surface area contributed by atoms with Crippen molar-refractivity contribution in [3.8, 4) is 0 Å². The van der Waals surface area contributed by atoms with Gasteiger partial charge in [-0.05, 0) is 71.5 Å². The van der Waals surface area contributed by atoms with E-state index in [0.717, 1.165) is 309 Å². The molecular weight excluding hydrogens is 2130 g/mol. The molecule has 8 amide bonds. The van der Waals surface area contributed by atoms with Gasteiger partial charge in [-0.2, -0.15) is 0 Å². The van der Waals surface area contributed by atoms with Gasteiger partial charge in [-0.3, -0.25) is 29.0 Å². The maximum absolute atomic E-state index is 15.3. The van der Waals surface area contributed by atoms with E-state index in [1.165, 1.54) is 95.0 Å². The quantitative estimate of drug-likeness (QED) is 0.0120. The van der Waals surface area contributed by atoms with Crippen LogP contribution in [0.2, 0.25) is 35.5 Å². The molecule has 10 aromatic rings. The van der Waals surface area contributed by atoms with Gasteiger partial charge in [0.15, 0.2) is 0 Å². The second-order valence-electron chi connectivity index (χ2n) is 42.7. The van der Waals surface area contributed by atoms with E-state index in [4.69, 9.17) is 0 Å². The Morgan fingerprint density at radius 2 is 0.423 bits per heavy atom. The molecule has 5 aliphatic rings. The average Bonchev–Trinajstić information content (AvgIpc) is 1.48. The topological polar surface area (TPSA) is 150 Å². The molecule has 18 heteroatoms. The molecule has 5 heterocycles. The molecule has 0 atom stereocenters. The zero-order valence-electron chi connectivity index (χ0n) is 91.0. The van der Waals surface area contributed by atoms with E-state index >= 15 is 9.59 Å². The Kier molecular flexibility index (Phi) is 48.1. The first kappa shape index (κ1) is 117. The molecule has 0 saturated heterocycles. The molecule has 142 heavy (non-hydrogen) atoms. The smallest absolute Gasteiger partial charge is 0 e. The van der Waals surface area contributed by atoms with Gasteiger partial charge in [-0.1, -0.05) is 139 Å². The summed E-state index contributed by atoms with van der Waals surface area (Å²) < 4.78 is 15.9. The second-order valence-corrected chi connectivity index (χ2v) is 72.8. The van der Waals surface area contributed by atoms with Crippen LogP contribution < -0.4 is 7.16 Å². The molecule has 0 fully saturated rings. The van der Waals surface area contributed by atoms with Crippen molar-refractivity contribution in [2.45, 2.75) is 479 Å². The number of imide groups is 4. The third kappa shape index (κ3) is 25.6. The summed E-state index contributed by atoms with van der Waals surface area (Å²) >= 11 is -1.53. The Labute approximate surface area is 886 Å². The Morgan fingerprint density at radius 1 is 0.225 bits per heavy atom. The maximum Gasteiger partial charge on any atom is 0 e. The van der Waals surface area contributed by atoms with Gasteiger partial charge in [0.25, 0.3) is 23.6 Å². The van der Waals surface area contributed by atoms with E-state index in [2.05, 4.69) is 166 Å². The van der Waals surface area contributed by atoms with Crippen LogP contribution in [0.25, 0.3) is 86.2 Å². The summed E-state index contributed by atoms with van der Waals surface area (Å²) in [5, 5.41) is 15.1. The summed E-state index contributed by atoms with van der Waals surface area (Å²) in [7, 11) is 8.00. The fourth-order valence-electron chi connectivity index (χ4n) is 24.7. The van der Waals surface area contributed by atoms with Crippen LogP contribution >= 0.6 is 15.9 Å². The minimum Gasteiger partial charge on any atom is 0 e. The molecule has 0 aliphatic carbocycles. The Hall–Kier alpha value is -5.63. The number of fused-ring (bicyclic) bond motifs is 3. The molecule has 0 saturated carbocycles. The second kappa shape index (κ2) is 58.5. The van der Waals surface area contributed by atoms with E-state index in [1.54, 1.807) is 46.2 Å². The van der Waals surface area contributed by atoms with Gasteiger partial charge < -0.3 is 0 Å². The van der Waals surface area contributed by atoms with Crippen LogP contribution in [0.1, 0.15) is 502 Å². The predicted molar refractivity (Wildman–Crippen MR) is 619 cm³/mol. The van der Waals surface area contributed by atoms with Crippen molar-refractivity contribution in [3.63, 3.8) is 0 Å². The number of amides is 8. The Balaban J connectivity index is 0.000000215. The van der Waals surface area contributed by atoms with Gasteiger partial charge >= 0.3 is 556 Å². The predicted octanol–water partition coefficient (Wildman–Crippen LogP) is 35.2. The van der Waals surface area contributed by atoms with Crippen molar-refractivity contribution in [3.05, 3.63) is 128 Å². The van der Waals surface area contributed by atoms with Crippen LogP contribution in [0.15, 0.2) is 83.3 Å². The van der Waals surface area contributed by atoms with E-state index in [-0.39, 0.29) is 71.4 Å². The summed E-state index contributed by atoms with van der Waals surface area (Å²) in [6.45, 7) is 36.1. The molecule has 15 rings (SSSR count). The molecule has 0 bridgehead atoms. The number of nitrogens with zero attached hydrogens (tertiary/aromatic N) is 4. The fraction of sp³-hybridized carbons (Fsp3) is 0.613. The van der Waals surface area contributed by atoms with Gasteiger partial charge in [-0.25, -0.2) is 0 Å². The number of rotatable bonds is 60. The SMILES string of the molecule is CCCCCC(CCCCC)N1C(=O)c2ccc3c4ccc5c6c(c[c]7c(c8[c](cc(c2c38)C1=O)[Sn]7([CH2]CCC)[CH2]CCC)c64)C(=O)N(C(CCCCC)CCCCC)C5=O.CCCCCC(CCCCC)N1C(=O)c2ccc3c4ccc5c6c(cc(Br)c(c7ccc(c2c37)C1=O)c64)C(=O)N(C(CCCCC)CCCCC)C5=O.CCC[CH2][Sn]([CH2]CCC)[CH2]CCC.CCC[CH2][Sn]([CH2]CCC)[CH2]CCC.[B][B]. The van der Waals surface area contributed by atoms with E-state index in [9.17, 15) is 28.8 Å². The number of hydrogen-bond donors (Lipinski definition) is 0. The van der Waals surface area contributed by atoms with Crippen molar-refractivity contribution < 1.29 is 38.4 Å². The van der Waals surface area contributed by atoms with Gasteiger partial charge in [0, 0.05) is 75.8 Å². The van der Waals surface area contributed by atoms with Crippen LogP contribution in [0.5, 0.6) is 0 Å².